The van der Waals surface area contributed by atoms with Crippen LogP contribution in [0.25, 0.3) is 0 Å². The van der Waals surface area contributed by atoms with E-state index in [4.69, 9.17) is 0 Å². The lowest BCUT2D eigenvalue weighted by Crippen LogP contribution is -2.17. The second-order valence-corrected chi connectivity index (χ2v) is 1.10. The van der Waals surface area contributed by atoms with E-state index in [0.717, 1.165) is 7.11 Å². The molecular formula is C4H5NO4. The summed E-state index contributed by atoms with van der Waals surface area (Å²) in [4.78, 5) is 23.3. The maximum absolute atomic E-state index is 10.2. The fourth-order valence-corrected chi connectivity index (χ4v) is 0.219. The molecule has 0 atom stereocenters. The first-order valence-corrected chi connectivity index (χ1v) is 2.05. The molecule has 0 heterocycles. The number of carbonyl (C=O) groups excluding carboxylic acids is 2. The van der Waals surface area contributed by atoms with Crippen molar-refractivity contribution < 1.29 is 19.3 Å². The molecule has 0 saturated carbocycles. The summed E-state index contributed by atoms with van der Waals surface area (Å²) in [5.74, 6) is 0. The zero-order chi connectivity index (χ0) is 7.28. The van der Waals surface area contributed by atoms with Crippen LogP contribution in [0.1, 0.15) is 0 Å². The lowest BCUT2D eigenvalue weighted by Gasteiger charge is -1.93. The lowest BCUT2D eigenvalue weighted by atomic mass is 10.5. The fraction of sp³-hybridized carbons (Fsp3) is 0.250. The second-order valence-electron chi connectivity index (χ2n) is 1.10. The maximum Gasteiger partial charge on any atom is 0.346 e. The Hall–Kier alpha value is -1.39. The first kappa shape index (κ1) is 7.61. The number of hydrogen-bond donors (Lipinski definition) is 0. The Kier molecular flexibility index (Phi) is 3.04. The molecule has 0 radical (unpaired) electrons. The molecule has 0 N–H and O–H groups in total. The van der Waals surface area contributed by atoms with Gasteiger partial charge in [-0.2, -0.15) is 0 Å². The van der Waals surface area contributed by atoms with E-state index in [9.17, 15) is 14.8 Å². The highest BCUT2D eigenvalue weighted by atomic mass is 16.9. The van der Waals surface area contributed by atoms with Crippen LogP contribution in [0.3, 0.4) is 0 Å². The van der Waals surface area contributed by atoms with Gasteiger partial charge in [-0.25, -0.2) is 0 Å². The average molecular weight is 131 g/mol. The van der Waals surface area contributed by atoms with E-state index in [1.165, 1.54) is 0 Å². The predicted octanol–water partition coefficient (Wildman–Crippen LogP) is -1.10. The lowest BCUT2D eigenvalue weighted by molar-refractivity contribution is -0.731. The molecule has 0 unspecified atom stereocenters. The number of hydrogen-bond acceptors (Lipinski definition) is 4. The van der Waals surface area contributed by atoms with Gasteiger partial charge in [-0.15, -0.1) is 0 Å². The first-order valence-electron chi connectivity index (χ1n) is 2.05. The molecule has 0 aromatic heterocycles. The van der Waals surface area contributed by atoms with Gasteiger partial charge in [-0.05, 0) is 0 Å². The predicted molar refractivity (Wildman–Crippen MR) is 27.8 cm³/mol. The molecular weight excluding hydrogens is 126 g/mol. The highest BCUT2D eigenvalue weighted by Crippen LogP contribution is 1.70. The highest BCUT2D eigenvalue weighted by Gasteiger charge is 2.06. The summed E-state index contributed by atoms with van der Waals surface area (Å²) in [7, 11) is 1.06. The van der Waals surface area contributed by atoms with Gasteiger partial charge in [0, 0.05) is 7.11 Å². The van der Waals surface area contributed by atoms with E-state index < -0.39 is 5.71 Å². The molecule has 0 aliphatic rings. The standard InChI is InChI=1S/C4H5NO4/c1-9-5(8)4(2-6)3-7/h2-3H,1H3. The smallest absolute Gasteiger partial charge is 0.346 e. The molecule has 0 amide bonds. The molecule has 0 fully saturated rings. The van der Waals surface area contributed by atoms with Gasteiger partial charge in [0.1, 0.15) is 0 Å². The molecule has 9 heavy (non-hydrogen) atoms. The van der Waals surface area contributed by atoms with Gasteiger partial charge in [0.2, 0.25) is 12.6 Å². The quantitative estimate of drug-likeness (QED) is 0.160. The van der Waals surface area contributed by atoms with Crippen LogP contribution in [0.2, 0.25) is 0 Å². The normalized spacial score (nSPS) is 7.67. The van der Waals surface area contributed by atoms with Gasteiger partial charge in [0.15, 0.2) is 0 Å². The largest absolute Gasteiger partial charge is 0.406 e. The van der Waals surface area contributed by atoms with Crippen molar-refractivity contribution in [2.24, 2.45) is 0 Å². The maximum atomic E-state index is 10.2. The second kappa shape index (κ2) is 3.59. The van der Waals surface area contributed by atoms with E-state index >= 15 is 0 Å². The van der Waals surface area contributed by atoms with Gasteiger partial charge < -0.3 is 4.84 Å². The number of nitrogens with zero attached hydrogens (tertiary/aromatic N) is 1. The van der Waals surface area contributed by atoms with E-state index in [1.807, 2.05) is 0 Å². The van der Waals surface area contributed by atoms with Crippen molar-refractivity contribution in [3.8, 4) is 0 Å². The SMILES string of the molecule is CO[N+]([O-])=C(C=O)C=O. The van der Waals surface area contributed by atoms with Crippen molar-refractivity contribution in [3.63, 3.8) is 0 Å². The fourth-order valence-electron chi connectivity index (χ4n) is 0.219. The Balaban J connectivity index is 4.36. The summed E-state index contributed by atoms with van der Waals surface area (Å²) in [5, 5.41) is 10.2. The van der Waals surface area contributed by atoms with Gasteiger partial charge in [0.25, 0.3) is 0 Å². The molecule has 0 aliphatic carbocycles. The van der Waals surface area contributed by atoms with Crippen molar-refractivity contribution in [1.82, 2.24) is 0 Å². The van der Waals surface area contributed by atoms with Crippen LogP contribution >= 0.6 is 0 Å². The van der Waals surface area contributed by atoms with Crippen LogP contribution in [-0.2, 0) is 14.4 Å². The summed E-state index contributed by atoms with van der Waals surface area (Å²) in [6, 6.07) is 0. The van der Waals surface area contributed by atoms with Crippen molar-refractivity contribution in [1.29, 1.82) is 0 Å². The van der Waals surface area contributed by atoms with Crippen molar-refractivity contribution in [2.45, 2.75) is 0 Å². The van der Waals surface area contributed by atoms with Crippen molar-refractivity contribution in [3.05, 3.63) is 5.21 Å². The third kappa shape index (κ3) is 1.89. The Morgan fingerprint density at radius 1 is 1.56 bits per heavy atom. The number of rotatable bonds is 3. The summed E-state index contributed by atoms with van der Waals surface area (Å²) >= 11 is 0. The number of aldehydes is 2. The average Bonchev–Trinajstić information content (AvgIpc) is 1.90. The highest BCUT2D eigenvalue weighted by molar-refractivity contribution is 6.50. The molecule has 5 nitrogen and oxygen atoms in total. The Morgan fingerprint density at radius 2 is 2.00 bits per heavy atom. The van der Waals surface area contributed by atoms with Crippen molar-refractivity contribution >= 4 is 18.3 Å². The first-order chi connectivity index (χ1) is 4.26. The molecule has 0 spiro atoms. The summed E-state index contributed by atoms with van der Waals surface area (Å²) < 4.78 is 0. The van der Waals surface area contributed by atoms with Crippen molar-refractivity contribution in [2.75, 3.05) is 7.11 Å². The van der Waals surface area contributed by atoms with Crippen LogP contribution in [0, 0.1) is 5.21 Å². The monoisotopic (exact) mass is 131 g/mol. The molecule has 0 rings (SSSR count). The number of carbonyl (C=O) groups is 2. The molecule has 0 aromatic rings. The van der Waals surface area contributed by atoms with Gasteiger partial charge in [-0.1, -0.05) is 0 Å². The molecule has 0 aromatic carbocycles. The van der Waals surface area contributed by atoms with E-state index in [-0.39, 0.29) is 17.5 Å². The van der Waals surface area contributed by atoms with Gasteiger partial charge in [-0.3, -0.25) is 14.8 Å². The molecule has 0 bridgehead atoms. The molecule has 50 valence electrons. The van der Waals surface area contributed by atoms with Crippen LogP contribution in [-0.4, -0.2) is 30.3 Å². The van der Waals surface area contributed by atoms with E-state index in [1.54, 1.807) is 0 Å². The van der Waals surface area contributed by atoms with Crippen LogP contribution in [0.4, 0.5) is 0 Å². The Bertz CT molecular complexity index is 141. The summed E-state index contributed by atoms with van der Waals surface area (Å²) in [6.45, 7) is 0. The molecule has 0 aliphatic heterocycles. The zero-order valence-electron chi connectivity index (χ0n) is 4.73. The minimum atomic E-state index is -0.586. The molecule has 0 saturated heterocycles. The van der Waals surface area contributed by atoms with E-state index in [0.29, 0.717) is 0 Å². The van der Waals surface area contributed by atoms with Gasteiger partial charge >= 0.3 is 5.71 Å². The summed E-state index contributed by atoms with van der Waals surface area (Å²) in [6.07, 6.45) is 0.229. The van der Waals surface area contributed by atoms with Gasteiger partial charge in [0.05, 0.1) is 4.90 Å². The topological polar surface area (TPSA) is 69.4 Å². The molecule has 5 heteroatoms. The van der Waals surface area contributed by atoms with Crippen LogP contribution in [0.15, 0.2) is 0 Å². The minimum absolute atomic E-state index is 0.115. The van der Waals surface area contributed by atoms with Crippen LogP contribution in [0.5, 0.6) is 0 Å². The zero-order valence-corrected chi connectivity index (χ0v) is 4.73. The Morgan fingerprint density at radius 3 is 2.11 bits per heavy atom. The third-order valence-electron chi connectivity index (χ3n) is 0.618. The minimum Gasteiger partial charge on any atom is -0.406 e. The summed E-state index contributed by atoms with van der Waals surface area (Å²) in [5.41, 5.74) is -0.586. The van der Waals surface area contributed by atoms with E-state index in [2.05, 4.69) is 4.84 Å². The van der Waals surface area contributed by atoms with Crippen LogP contribution < -0.4 is 0 Å². The third-order valence-corrected chi connectivity index (χ3v) is 0.618. The Labute approximate surface area is 51.1 Å².